The van der Waals surface area contributed by atoms with Crippen molar-refractivity contribution < 1.29 is 9.47 Å². The summed E-state index contributed by atoms with van der Waals surface area (Å²) < 4.78 is 12.8. The van der Waals surface area contributed by atoms with Gasteiger partial charge in [-0.15, -0.1) is 11.3 Å². The Morgan fingerprint density at radius 2 is 2.15 bits per heavy atom. The Morgan fingerprint density at radius 3 is 3.07 bits per heavy atom. The van der Waals surface area contributed by atoms with Crippen LogP contribution in [0.4, 0.5) is 10.8 Å². The lowest BCUT2D eigenvalue weighted by Crippen LogP contribution is -1.94. The largest absolute Gasteiger partial charge is 0.454 e. The van der Waals surface area contributed by atoms with Crippen molar-refractivity contribution >= 4 is 27.9 Å². The second kappa shape index (κ2) is 6.55. The lowest BCUT2D eigenvalue weighted by molar-refractivity contribution is 0.174. The maximum Gasteiger partial charge on any atom is 0.234 e. The molecule has 0 amide bonds. The topological polar surface area (TPSA) is 73.6 Å². The van der Waals surface area contributed by atoms with Gasteiger partial charge in [0.25, 0.3) is 0 Å². The van der Waals surface area contributed by atoms with Crippen LogP contribution in [-0.2, 0) is 6.42 Å². The molecule has 0 radical (unpaired) electrons. The molecule has 8 heteroatoms. The van der Waals surface area contributed by atoms with Crippen LogP contribution in [0.5, 0.6) is 11.5 Å². The fraction of sp³-hybridized carbons (Fsp3) is 0.211. The van der Waals surface area contributed by atoms with Crippen molar-refractivity contribution in [2.45, 2.75) is 19.8 Å². The molecule has 0 unspecified atom stereocenters. The molecule has 0 saturated heterocycles. The highest BCUT2D eigenvalue weighted by Gasteiger charge is 2.18. The van der Waals surface area contributed by atoms with Gasteiger partial charge in [-0.25, -0.2) is 15.0 Å². The van der Waals surface area contributed by atoms with Crippen molar-refractivity contribution in [2.75, 3.05) is 12.1 Å². The zero-order valence-corrected chi connectivity index (χ0v) is 15.5. The number of hydrogen-bond donors (Lipinski definition) is 1. The molecule has 5 rings (SSSR count). The molecule has 1 aliphatic rings. The first-order valence-corrected chi connectivity index (χ1v) is 9.64. The Morgan fingerprint density at radius 1 is 1.22 bits per heavy atom. The average molecular weight is 379 g/mol. The van der Waals surface area contributed by atoms with Gasteiger partial charge in [0.1, 0.15) is 5.69 Å². The van der Waals surface area contributed by atoms with Gasteiger partial charge in [0.05, 0.1) is 11.4 Å². The summed E-state index contributed by atoms with van der Waals surface area (Å²) in [7, 11) is 0. The summed E-state index contributed by atoms with van der Waals surface area (Å²) in [4.78, 5) is 13.8. The second-order valence-electron chi connectivity index (χ2n) is 6.18. The molecule has 1 aliphatic heterocycles. The summed E-state index contributed by atoms with van der Waals surface area (Å²) in [6, 6.07) is 7.68. The van der Waals surface area contributed by atoms with Gasteiger partial charge in [-0.3, -0.25) is 4.40 Å². The monoisotopic (exact) mass is 379 g/mol. The van der Waals surface area contributed by atoms with E-state index in [1.807, 2.05) is 40.2 Å². The molecule has 0 fully saturated rings. The highest BCUT2D eigenvalue weighted by molar-refractivity contribution is 7.14. The minimum absolute atomic E-state index is 0.267. The molecule has 7 nitrogen and oxygen atoms in total. The number of anilines is 2. The molecule has 1 aromatic carbocycles. The molecule has 4 heterocycles. The van der Waals surface area contributed by atoms with Crippen molar-refractivity contribution in [3.63, 3.8) is 0 Å². The maximum atomic E-state index is 5.43. The smallest absolute Gasteiger partial charge is 0.234 e. The summed E-state index contributed by atoms with van der Waals surface area (Å²) in [5.41, 5.74) is 3.84. The maximum absolute atomic E-state index is 5.43. The summed E-state index contributed by atoms with van der Waals surface area (Å²) in [6.45, 7) is 2.41. The van der Waals surface area contributed by atoms with E-state index in [0.717, 1.165) is 52.2 Å². The standard InChI is InChI=1S/C19H17N5O2S/c1-2-4-13-17(24-8-3-7-20-18(24)22-13)14-10-27-19(23-14)21-12-5-6-15-16(9-12)26-11-25-15/h3,5-10H,2,4,11H2,1H3,(H,21,23). The van der Waals surface area contributed by atoms with Crippen LogP contribution in [0.1, 0.15) is 19.0 Å². The Hall–Kier alpha value is -3.13. The highest BCUT2D eigenvalue weighted by atomic mass is 32.1. The van der Waals surface area contributed by atoms with Crippen molar-refractivity contribution in [1.29, 1.82) is 0 Å². The molecular weight excluding hydrogens is 362 g/mol. The van der Waals surface area contributed by atoms with Gasteiger partial charge in [0, 0.05) is 29.5 Å². The fourth-order valence-electron chi connectivity index (χ4n) is 3.15. The third-order valence-corrected chi connectivity index (χ3v) is 5.09. The minimum Gasteiger partial charge on any atom is -0.454 e. The van der Waals surface area contributed by atoms with Gasteiger partial charge in [0.2, 0.25) is 12.6 Å². The van der Waals surface area contributed by atoms with Gasteiger partial charge in [-0.2, -0.15) is 0 Å². The number of nitrogens with zero attached hydrogens (tertiary/aromatic N) is 4. The Kier molecular flexibility index (Phi) is 3.90. The van der Waals surface area contributed by atoms with E-state index >= 15 is 0 Å². The zero-order valence-electron chi connectivity index (χ0n) is 14.7. The summed E-state index contributed by atoms with van der Waals surface area (Å²) in [5, 5.41) is 6.20. The molecule has 0 aliphatic carbocycles. The van der Waals surface area contributed by atoms with Gasteiger partial charge < -0.3 is 14.8 Å². The molecule has 27 heavy (non-hydrogen) atoms. The fourth-order valence-corrected chi connectivity index (χ4v) is 3.87. The van der Waals surface area contributed by atoms with Crippen LogP contribution in [0.3, 0.4) is 0 Å². The van der Waals surface area contributed by atoms with Crippen LogP contribution >= 0.6 is 11.3 Å². The van der Waals surface area contributed by atoms with Crippen molar-refractivity contribution in [2.24, 2.45) is 0 Å². The molecule has 0 atom stereocenters. The number of aromatic nitrogens is 4. The highest BCUT2D eigenvalue weighted by Crippen LogP contribution is 2.36. The average Bonchev–Trinajstić information content (AvgIpc) is 3.39. The van der Waals surface area contributed by atoms with Crippen LogP contribution in [0.2, 0.25) is 0 Å². The first-order valence-electron chi connectivity index (χ1n) is 8.76. The molecule has 136 valence electrons. The lowest BCUT2D eigenvalue weighted by atomic mass is 10.2. The van der Waals surface area contributed by atoms with E-state index < -0.39 is 0 Å². The van der Waals surface area contributed by atoms with Gasteiger partial charge in [0.15, 0.2) is 16.6 Å². The predicted octanol–water partition coefficient (Wildman–Crippen LogP) is 4.28. The first kappa shape index (κ1) is 16.1. The quantitative estimate of drug-likeness (QED) is 0.558. The molecule has 0 spiro atoms. The van der Waals surface area contributed by atoms with Crippen LogP contribution < -0.4 is 14.8 Å². The summed E-state index contributed by atoms with van der Waals surface area (Å²) >= 11 is 1.56. The van der Waals surface area contributed by atoms with E-state index in [2.05, 4.69) is 22.2 Å². The number of imidazole rings is 1. The van der Waals surface area contributed by atoms with Crippen LogP contribution in [0.25, 0.3) is 17.2 Å². The third-order valence-electron chi connectivity index (χ3n) is 4.33. The Balaban J connectivity index is 1.49. The molecule has 1 N–H and O–H groups in total. The number of nitrogens with one attached hydrogen (secondary N) is 1. The Bertz CT molecular complexity index is 1120. The van der Waals surface area contributed by atoms with Crippen LogP contribution in [0.15, 0.2) is 42.0 Å². The van der Waals surface area contributed by atoms with Crippen molar-refractivity contribution in [3.05, 3.63) is 47.7 Å². The molecule has 0 saturated carbocycles. The summed E-state index contributed by atoms with van der Waals surface area (Å²) in [6.07, 6.45) is 5.65. The SMILES string of the molecule is CCCc1nc2ncccn2c1-c1csc(Nc2ccc3c(c2)OCO3)n1. The minimum atomic E-state index is 0.267. The zero-order chi connectivity index (χ0) is 18.2. The van der Waals surface area contributed by atoms with E-state index in [-0.39, 0.29) is 6.79 Å². The molecule has 3 aromatic heterocycles. The number of benzene rings is 1. The van der Waals surface area contributed by atoms with E-state index in [1.54, 1.807) is 17.5 Å². The lowest BCUT2D eigenvalue weighted by Gasteiger charge is -2.04. The van der Waals surface area contributed by atoms with Crippen LogP contribution in [-0.4, -0.2) is 26.1 Å². The summed E-state index contributed by atoms with van der Waals surface area (Å²) in [5.74, 6) is 2.21. The predicted molar refractivity (Wildman–Crippen MR) is 104 cm³/mol. The molecule has 4 aromatic rings. The van der Waals surface area contributed by atoms with Gasteiger partial charge >= 0.3 is 0 Å². The van der Waals surface area contributed by atoms with Crippen molar-refractivity contribution in [1.82, 2.24) is 19.4 Å². The van der Waals surface area contributed by atoms with Crippen LogP contribution in [0, 0.1) is 0 Å². The normalized spacial score (nSPS) is 12.6. The number of fused-ring (bicyclic) bond motifs is 2. The first-order chi connectivity index (χ1) is 13.3. The number of aryl methyl sites for hydroxylation is 1. The number of thiazole rings is 1. The van der Waals surface area contributed by atoms with Crippen molar-refractivity contribution in [3.8, 4) is 22.9 Å². The second-order valence-corrected chi connectivity index (χ2v) is 7.04. The van der Waals surface area contributed by atoms with Gasteiger partial charge in [-0.1, -0.05) is 13.3 Å². The number of rotatable bonds is 5. The molecular formula is C19H17N5O2S. The van der Waals surface area contributed by atoms with E-state index in [4.69, 9.17) is 14.5 Å². The Labute approximate surface area is 159 Å². The van der Waals surface area contributed by atoms with E-state index in [9.17, 15) is 0 Å². The van der Waals surface area contributed by atoms with Gasteiger partial charge in [-0.05, 0) is 24.6 Å². The third kappa shape index (κ3) is 2.87. The molecule has 0 bridgehead atoms. The van der Waals surface area contributed by atoms with E-state index in [0.29, 0.717) is 5.78 Å². The van der Waals surface area contributed by atoms with E-state index in [1.165, 1.54) is 0 Å². The number of hydrogen-bond acceptors (Lipinski definition) is 7. The number of ether oxygens (including phenoxy) is 2.